The van der Waals surface area contributed by atoms with Gasteiger partial charge in [0.15, 0.2) is 11.6 Å². The Morgan fingerprint density at radius 3 is 1.45 bits per heavy atom. The van der Waals surface area contributed by atoms with Gasteiger partial charge in [-0.25, -0.2) is 0 Å². The molecule has 0 fully saturated rings. The van der Waals surface area contributed by atoms with Crippen molar-refractivity contribution in [3.63, 3.8) is 0 Å². The number of Topliss-reactive ketones (excluding diaryl/α,β-unsaturated/α-hetero) is 2. The van der Waals surface area contributed by atoms with Crippen LogP contribution in [0.15, 0.2) is 218 Å². The molecule has 3 aliphatic rings. The molecule has 0 saturated heterocycles. The lowest BCUT2D eigenvalue weighted by Crippen LogP contribution is -2.29. The predicted molar refractivity (Wildman–Crippen MR) is 269 cm³/mol. The Labute approximate surface area is 392 Å². The fraction of sp³-hybridized carbons (Fsp3) is 0.111. The third-order valence-corrected chi connectivity index (χ3v) is 13.9. The largest absolute Gasteiger partial charge is 0.494 e. The smallest absolute Gasteiger partial charge is 0.160 e. The highest BCUT2D eigenvalue weighted by atomic mass is 16.5. The van der Waals surface area contributed by atoms with Gasteiger partial charge in [0.05, 0.1) is 17.4 Å². The van der Waals surface area contributed by atoms with Crippen LogP contribution in [-0.2, 0) is 10.8 Å². The van der Waals surface area contributed by atoms with Gasteiger partial charge in [0.25, 0.3) is 0 Å². The molecule has 0 radical (unpaired) electrons. The second kappa shape index (κ2) is 16.7. The zero-order chi connectivity index (χ0) is 45.7. The van der Waals surface area contributed by atoms with Crippen molar-refractivity contribution in [3.05, 3.63) is 274 Å². The summed E-state index contributed by atoms with van der Waals surface area (Å²) in [5, 5.41) is 0. The Bertz CT molecular complexity index is 3290. The van der Waals surface area contributed by atoms with E-state index in [2.05, 4.69) is 182 Å². The summed E-state index contributed by atoms with van der Waals surface area (Å²) in [7, 11) is 0. The zero-order valence-electron chi connectivity index (χ0n) is 37.8. The maximum absolute atomic E-state index is 12.5. The summed E-state index contributed by atoms with van der Waals surface area (Å²) in [6, 6.07) is 66.8. The molecule has 324 valence electrons. The van der Waals surface area contributed by atoms with Crippen LogP contribution in [0.3, 0.4) is 0 Å². The van der Waals surface area contributed by atoms with E-state index in [-0.39, 0.29) is 11.6 Å². The number of rotatable bonds is 11. The highest BCUT2D eigenvalue weighted by Gasteiger charge is 2.47. The molecule has 0 aromatic heterocycles. The van der Waals surface area contributed by atoms with Gasteiger partial charge in [-0.05, 0) is 148 Å². The Morgan fingerprint density at radius 1 is 0.463 bits per heavy atom. The number of ketones is 2. The lowest BCUT2D eigenvalue weighted by molar-refractivity contribution is 0.0980. The molecule has 8 aromatic rings. The van der Waals surface area contributed by atoms with E-state index in [1.165, 1.54) is 75.1 Å². The summed E-state index contributed by atoms with van der Waals surface area (Å²) in [4.78, 5) is 24.7. The van der Waals surface area contributed by atoms with Crippen LogP contribution in [0.4, 0.5) is 0 Å². The van der Waals surface area contributed by atoms with E-state index in [0.29, 0.717) is 29.2 Å². The number of fused-ring (bicyclic) bond motifs is 5. The van der Waals surface area contributed by atoms with Crippen molar-refractivity contribution in [2.24, 2.45) is 0 Å². The second-order valence-corrected chi connectivity index (χ2v) is 17.6. The molecular weight excluding hydrogens is 821 g/mol. The van der Waals surface area contributed by atoms with Crippen molar-refractivity contribution in [1.29, 1.82) is 0 Å². The number of carbonyl (C=O) groups excluding carboxylic acids is 2. The van der Waals surface area contributed by atoms with Crippen molar-refractivity contribution < 1.29 is 19.1 Å². The second-order valence-electron chi connectivity index (χ2n) is 17.6. The maximum atomic E-state index is 12.5. The van der Waals surface area contributed by atoms with E-state index < -0.39 is 10.8 Å². The zero-order valence-corrected chi connectivity index (χ0v) is 37.8. The molecule has 0 bridgehead atoms. The van der Waals surface area contributed by atoms with E-state index in [1.54, 1.807) is 18.2 Å². The minimum atomic E-state index is -0.615. The Hall–Kier alpha value is -8.08. The number of hydrogen-bond acceptors (Lipinski definition) is 4. The quantitative estimate of drug-likeness (QED) is 0.122. The summed E-state index contributed by atoms with van der Waals surface area (Å²) < 4.78 is 12.2. The van der Waals surface area contributed by atoms with Gasteiger partial charge in [-0.15, -0.1) is 0 Å². The van der Waals surface area contributed by atoms with Gasteiger partial charge in [0, 0.05) is 11.1 Å². The van der Waals surface area contributed by atoms with Crippen LogP contribution in [0.2, 0.25) is 0 Å². The average molecular weight is 869 g/mol. The van der Waals surface area contributed by atoms with Gasteiger partial charge >= 0.3 is 0 Å². The molecule has 0 N–H and O–H groups in total. The molecule has 4 heteroatoms. The standard InChI is InChI=1S/C63H48O4/c1-4-66-49-34-30-47(31-35-49)62(60-20-12-9-16-55(60)56-17-10-13-21-61(56)62)45-26-22-43(23-27-45)44-24-28-46(29-25-44)63(58-18-7-5-6-14-53(58)54-15-8-11-19-59(54)63)48-32-36-50(37-33-48)67-51-38-39-52(41(2)64)57(40-51)42(3)65/h6-40H,4-5H2,1-3H3. The Kier molecular flexibility index (Phi) is 10.4. The fourth-order valence-electron chi connectivity index (χ4n) is 11.1. The van der Waals surface area contributed by atoms with E-state index in [1.807, 2.05) is 19.1 Å². The first-order chi connectivity index (χ1) is 32.8. The number of benzene rings is 8. The average Bonchev–Trinajstić information content (AvgIpc) is 3.68. The molecule has 8 aromatic carbocycles. The first kappa shape index (κ1) is 41.6. The summed E-state index contributed by atoms with van der Waals surface area (Å²) in [6.45, 7) is 5.58. The Morgan fingerprint density at radius 2 is 0.910 bits per heavy atom. The van der Waals surface area contributed by atoms with E-state index >= 15 is 0 Å². The van der Waals surface area contributed by atoms with Gasteiger partial charge in [-0.3, -0.25) is 9.59 Å². The van der Waals surface area contributed by atoms with Crippen molar-refractivity contribution in [3.8, 4) is 39.5 Å². The maximum Gasteiger partial charge on any atom is 0.160 e. The van der Waals surface area contributed by atoms with Crippen LogP contribution in [0.25, 0.3) is 27.8 Å². The highest BCUT2D eigenvalue weighted by molar-refractivity contribution is 6.07. The van der Waals surface area contributed by atoms with E-state index in [9.17, 15) is 9.59 Å². The Balaban J connectivity index is 0.992. The van der Waals surface area contributed by atoms with Crippen molar-refractivity contribution in [1.82, 2.24) is 0 Å². The lowest BCUT2D eigenvalue weighted by atomic mass is 9.66. The van der Waals surface area contributed by atoms with Crippen LogP contribution >= 0.6 is 0 Å². The molecule has 4 nitrogen and oxygen atoms in total. The first-order valence-electron chi connectivity index (χ1n) is 23.1. The number of allylic oxidation sites excluding steroid dienone is 6. The SMILES string of the molecule is CCOc1ccc(C2(c3ccc(-c4ccc(C5(c6ccc(Oc7ccc(C(C)=O)c(C(C)=O)c7)cc6)C6=C(C=CCC=C6)c6ccccc65)cc4)cc3)c3ccccc3-c3ccccc32)cc1. The summed E-state index contributed by atoms with van der Waals surface area (Å²) in [5.74, 6) is 1.66. The molecule has 0 amide bonds. The highest BCUT2D eigenvalue weighted by Crippen LogP contribution is 2.58. The van der Waals surface area contributed by atoms with Crippen LogP contribution in [0.5, 0.6) is 17.2 Å². The lowest BCUT2D eigenvalue weighted by Gasteiger charge is -2.35. The molecular formula is C63H48O4. The van der Waals surface area contributed by atoms with Gasteiger partial charge < -0.3 is 9.47 Å². The monoisotopic (exact) mass is 868 g/mol. The van der Waals surface area contributed by atoms with Crippen LogP contribution < -0.4 is 9.47 Å². The van der Waals surface area contributed by atoms with Gasteiger partial charge in [-0.2, -0.15) is 0 Å². The first-order valence-corrected chi connectivity index (χ1v) is 23.1. The minimum absolute atomic E-state index is 0.156. The summed E-state index contributed by atoms with van der Waals surface area (Å²) >= 11 is 0. The third kappa shape index (κ3) is 6.66. The molecule has 0 heterocycles. The topological polar surface area (TPSA) is 52.6 Å². The molecule has 0 saturated carbocycles. The number of ether oxygens (including phenoxy) is 2. The van der Waals surface area contributed by atoms with Crippen LogP contribution in [-0.4, -0.2) is 18.2 Å². The van der Waals surface area contributed by atoms with Crippen molar-refractivity contribution >= 4 is 17.1 Å². The summed E-state index contributed by atoms with van der Waals surface area (Å²) in [6.07, 6.45) is 9.94. The van der Waals surface area contributed by atoms with E-state index in [4.69, 9.17) is 9.47 Å². The molecule has 1 unspecified atom stereocenters. The van der Waals surface area contributed by atoms with Crippen LogP contribution in [0, 0.1) is 0 Å². The molecule has 0 aliphatic heterocycles. The molecule has 3 aliphatic carbocycles. The number of carbonyl (C=O) groups is 2. The predicted octanol–water partition coefficient (Wildman–Crippen LogP) is 14.9. The fourth-order valence-corrected chi connectivity index (χ4v) is 11.1. The van der Waals surface area contributed by atoms with Gasteiger partial charge in [0.1, 0.15) is 17.2 Å². The van der Waals surface area contributed by atoms with Crippen molar-refractivity contribution in [2.75, 3.05) is 6.61 Å². The van der Waals surface area contributed by atoms with E-state index in [0.717, 1.165) is 28.9 Å². The van der Waals surface area contributed by atoms with Crippen molar-refractivity contribution in [2.45, 2.75) is 38.0 Å². The molecule has 0 spiro atoms. The molecule has 1 atom stereocenters. The number of hydrogen-bond donors (Lipinski definition) is 0. The molecule has 11 rings (SSSR count). The van der Waals surface area contributed by atoms with Crippen LogP contribution in [0.1, 0.15) is 92.4 Å². The summed E-state index contributed by atoms with van der Waals surface area (Å²) in [5.41, 5.74) is 16.6. The minimum Gasteiger partial charge on any atom is -0.494 e. The van der Waals surface area contributed by atoms with Gasteiger partial charge in [-0.1, -0.05) is 170 Å². The normalized spacial score (nSPS) is 16.1. The molecule has 67 heavy (non-hydrogen) atoms. The third-order valence-electron chi connectivity index (χ3n) is 13.9. The van der Waals surface area contributed by atoms with Gasteiger partial charge in [0.2, 0.25) is 0 Å².